The molecule has 0 bridgehead atoms. The van der Waals surface area contributed by atoms with E-state index in [2.05, 4.69) is 10.3 Å². The number of aliphatic imine (C=N–C) groups is 1. The van der Waals surface area contributed by atoms with Crippen LogP contribution < -0.4 is 5.32 Å². The van der Waals surface area contributed by atoms with Crippen LogP contribution in [-0.4, -0.2) is 45.3 Å². The molecule has 0 radical (unpaired) electrons. The lowest BCUT2D eigenvalue weighted by Crippen LogP contribution is -2.43. The molecule has 2 aromatic rings. The normalized spacial score (nSPS) is 18.0. The fraction of sp³-hybridized carbons (Fsp3) is 0.158. The van der Waals surface area contributed by atoms with Crippen LogP contribution in [0.3, 0.4) is 0 Å². The third-order valence-electron chi connectivity index (χ3n) is 4.03. The van der Waals surface area contributed by atoms with Gasteiger partial charge in [-0.15, -0.1) is 0 Å². The second kappa shape index (κ2) is 8.86. The minimum atomic E-state index is -1.05. The summed E-state index contributed by atoms with van der Waals surface area (Å²) < 4.78 is 0. The van der Waals surface area contributed by atoms with E-state index in [9.17, 15) is 14.4 Å². The molecule has 10 heteroatoms. The highest BCUT2D eigenvalue weighted by molar-refractivity contribution is 8.15. The molecule has 1 atom stereocenters. The number of benzene rings is 2. The van der Waals surface area contributed by atoms with Crippen LogP contribution in [0.5, 0.6) is 0 Å². The van der Waals surface area contributed by atoms with Gasteiger partial charge in [0, 0.05) is 29.2 Å². The lowest BCUT2D eigenvalue weighted by molar-refractivity contribution is -0.128. The molecule has 2 aromatic carbocycles. The summed E-state index contributed by atoms with van der Waals surface area (Å²) in [6.07, 6.45) is 0.00946. The highest BCUT2D eigenvalue weighted by atomic mass is 35.5. The molecule has 0 aliphatic carbocycles. The molecule has 1 fully saturated rings. The van der Waals surface area contributed by atoms with Crippen LogP contribution in [0.4, 0.5) is 11.4 Å². The molecule has 0 spiro atoms. The highest BCUT2D eigenvalue weighted by Crippen LogP contribution is 2.31. The van der Waals surface area contributed by atoms with Gasteiger partial charge in [-0.05, 0) is 42.5 Å². The fourth-order valence-electron chi connectivity index (χ4n) is 2.53. The molecule has 0 aromatic heterocycles. The lowest BCUT2D eigenvalue weighted by atomic mass is 10.2. The van der Waals surface area contributed by atoms with Crippen LogP contribution in [0, 0.1) is 0 Å². The number of rotatable bonds is 4. The second-order valence-electron chi connectivity index (χ2n) is 6.16. The zero-order valence-electron chi connectivity index (χ0n) is 15.1. The number of halogens is 2. The molecular weight excluding hydrogens is 437 g/mol. The number of carbonyl (C=O) groups is 3. The summed E-state index contributed by atoms with van der Waals surface area (Å²) in [5.41, 5.74) is 1.02. The smallest absolute Gasteiger partial charge is 0.335 e. The zero-order valence-corrected chi connectivity index (χ0v) is 17.4. The number of amides is 2. The fourth-order valence-corrected chi connectivity index (χ4v) is 4.11. The van der Waals surface area contributed by atoms with Crippen molar-refractivity contribution in [2.24, 2.45) is 4.99 Å². The summed E-state index contributed by atoms with van der Waals surface area (Å²) in [5, 5.41) is 12.1. The number of carboxylic acid groups (broad SMARTS) is 1. The van der Waals surface area contributed by atoms with Crippen molar-refractivity contribution in [2.75, 3.05) is 12.4 Å². The Balaban J connectivity index is 1.77. The van der Waals surface area contributed by atoms with E-state index in [1.807, 2.05) is 0 Å². The van der Waals surface area contributed by atoms with Gasteiger partial charge in [0.25, 0.3) is 0 Å². The summed E-state index contributed by atoms with van der Waals surface area (Å²) in [5.74, 6) is -1.69. The van der Waals surface area contributed by atoms with E-state index in [1.54, 1.807) is 25.2 Å². The molecule has 1 aliphatic heterocycles. The van der Waals surface area contributed by atoms with Crippen molar-refractivity contribution >= 4 is 69.3 Å². The summed E-state index contributed by atoms with van der Waals surface area (Å²) in [6.45, 7) is 0. The molecule has 1 aliphatic rings. The first-order valence-corrected chi connectivity index (χ1v) is 9.98. The number of hydrogen-bond donors (Lipinski definition) is 2. The molecule has 7 nitrogen and oxygen atoms in total. The minimum Gasteiger partial charge on any atom is -0.478 e. The van der Waals surface area contributed by atoms with Crippen molar-refractivity contribution in [1.82, 2.24) is 4.90 Å². The molecular formula is C19H15Cl2N3O4S. The maximum atomic E-state index is 12.6. The number of amidine groups is 1. The van der Waals surface area contributed by atoms with E-state index in [0.29, 0.717) is 26.6 Å². The first-order valence-electron chi connectivity index (χ1n) is 8.35. The van der Waals surface area contributed by atoms with Gasteiger partial charge in [0.05, 0.1) is 11.3 Å². The Morgan fingerprint density at radius 1 is 1.17 bits per heavy atom. The van der Waals surface area contributed by atoms with Gasteiger partial charge in [0.2, 0.25) is 11.8 Å². The third kappa shape index (κ3) is 5.29. The number of nitrogens with one attached hydrogen (secondary N) is 1. The van der Waals surface area contributed by atoms with E-state index in [-0.39, 0.29) is 23.8 Å². The number of anilines is 1. The Morgan fingerprint density at radius 3 is 2.38 bits per heavy atom. The largest absolute Gasteiger partial charge is 0.478 e. The van der Waals surface area contributed by atoms with Gasteiger partial charge in [-0.25, -0.2) is 9.79 Å². The van der Waals surface area contributed by atoms with Gasteiger partial charge in [-0.2, -0.15) is 0 Å². The number of nitrogens with zero attached hydrogens (tertiary/aromatic N) is 2. The summed E-state index contributed by atoms with van der Waals surface area (Å²) in [4.78, 5) is 41.7. The first kappa shape index (κ1) is 21.2. The van der Waals surface area contributed by atoms with Gasteiger partial charge >= 0.3 is 5.97 Å². The van der Waals surface area contributed by atoms with Crippen molar-refractivity contribution in [3.63, 3.8) is 0 Å². The van der Waals surface area contributed by atoms with Gasteiger partial charge < -0.3 is 10.4 Å². The van der Waals surface area contributed by atoms with Crippen LogP contribution in [0.2, 0.25) is 10.0 Å². The standard InChI is InChI=1S/C19H15Cl2N3O4S/c1-24-16(25)9-15(17(26)22-13-4-2-10(3-5-13)18(27)28)29-19(24)23-14-7-11(20)6-12(21)8-14/h2-8,15H,9H2,1H3,(H,22,26)(H,27,28)/t15-/m1/s1. The van der Waals surface area contributed by atoms with Gasteiger partial charge in [0.1, 0.15) is 5.25 Å². The maximum Gasteiger partial charge on any atom is 0.335 e. The van der Waals surface area contributed by atoms with Crippen LogP contribution in [-0.2, 0) is 9.59 Å². The molecule has 29 heavy (non-hydrogen) atoms. The Morgan fingerprint density at radius 2 is 1.79 bits per heavy atom. The van der Waals surface area contributed by atoms with E-state index in [4.69, 9.17) is 28.3 Å². The van der Waals surface area contributed by atoms with E-state index in [0.717, 1.165) is 11.8 Å². The third-order valence-corrected chi connectivity index (χ3v) is 5.71. The molecule has 0 saturated carbocycles. The van der Waals surface area contributed by atoms with E-state index < -0.39 is 11.2 Å². The summed E-state index contributed by atoms with van der Waals surface area (Å²) in [7, 11) is 1.58. The predicted molar refractivity (Wildman–Crippen MR) is 114 cm³/mol. The Labute approximate surface area is 180 Å². The van der Waals surface area contributed by atoms with Crippen LogP contribution in [0.1, 0.15) is 16.8 Å². The number of carboxylic acids is 1. The van der Waals surface area contributed by atoms with Crippen molar-refractivity contribution in [3.8, 4) is 0 Å². The van der Waals surface area contributed by atoms with Gasteiger partial charge in [-0.1, -0.05) is 35.0 Å². The van der Waals surface area contributed by atoms with Crippen LogP contribution in [0.25, 0.3) is 0 Å². The molecule has 3 rings (SSSR count). The number of hydrogen-bond acceptors (Lipinski definition) is 5. The van der Waals surface area contributed by atoms with Crippen molar-refractivity contribution < 1.29 is 19.5 Å². The quantitative estimate of drug-likeness (QED) is 0.722. The van der Waals surface area contributed by atoms with Crippen LogP contribution >= 0.6 is 35.0 Å². The second-order valence-corrected chi connectivity index (χ2v) is 8.20. The Kier molecular flexibility index (Phi) is 6.46. The van der Waals surface area contributed by atoms with E-state index >= 15 is 0 Å². The molecule has 0 unspecified atom stereocenters. The Bertz CT molecular complexity index is 991. The summed E-state index contributed by atoms with van der Waals surface area (Å²) >= 11 is 13.1. The average Bonchev–Trinajstić information content (AvgIpc) is 2.64. The summed E-state index contributed by atoms with van der Waals surface area (Å²) in [6, 6.07) is 10.5. The van der Waals surface area contributed by atoms with Crippen LogP contribution in [0.15, 0.2) is 47.5 Å². The van der Waals surface area contributed by atoms with Crippen molar-refractivity contribution in [3.05, 3.63) is 58.1 Å². The van der Waals surface area contributed by atoms with E-state index in [1.165, 1.54) is 29.2 Å². The first-order chi connectivity index (χ1) is 13.7. The molecule has 2 N–H and O–H groups in total. The molecule has 1 heterocycles. The van der Waals surface area contributed by atoms with Crippen molar-refractivity contribution in [2.45, 2.75) is 11.7 Å². The SMILES string of the molecule is CN1C(=O)C[C@H](C(=O)Nc2ccc(C(=O)O)cc2)SC1=Nc1cc(Cl)cc(Cl)c1. The van der Waals surface area contributed by atoms with Gasteiger partial charge in [0.15, 0.2) is 5.17 Å². The van der Waals surface area contributed by atoms with Gasteiger partial charge in [-0.3, -0.25) is 14.5 Å². The average molecular weight is 452 g/mol. The number of carbonyl (C=O) groups excluding carboxylic acids is 2. The minimum absolute atomic E-state index is 0.00946. The van der Waals surface area contributed by atoms with Crippen molar-refractivity contribution in [1.29, 1.82) is 0 Å². The maximum absolute atomic E-state index is 12.6. The Hall–Kier alpha value is -2.55. The monoisotopic (exact) mass is 451 g/mol. The predicted octanol–water partition coefficient (Wildman–Crippen LogP) is 4.28. The zero-order chi connectivity index (χ0) is 21.1. The highest BCUT2D eigenvalue weighted by Gasteiger charge is 2.34. The number of thioether (sulfide) groups is 1. The lowest BCUT2D eigenvalue weighted by Gasteiger charge is -2.28. The molecule has 2 amide bonds. The molecule has 1 saturated heterocycles. The molecule has 150 valence electrons. The number of aromatic carboxylic acids is 1. The topological polar surface area (TPSA) is 99.1 Å².